The summed E-state index contributed by atoms with van der Waals surface area (Å²) in [6.07, 6.45) is 1.74. The van der Waals surface area contributed by atoms with Crippen molar-refractivity contribution in [2.24, 2.45) is 0 Å². The van der Waals surface area contributed by atoms with Crippen LogP contribution in [0.5, 0.6) is 0 Å². The molecular formula is C10H16N5O9P3. The normalized spacial score (nSPS) is 22.6. The number of nitrogens with two attached hydrogens (primary N) is 1. The zero-order valence-electron chi connectivity index (χ0n) is 13.4. The number of rotatable bonds is 8. The van der Waals surface area contributed by atoms with Crippen molar-refractivity contribution >= 4 is 42.9 Å². The third kappa shape index (κ3) is 5.35. The molecule has 2 unspecified atom stereocenters. The van der Waals surface area contributed by atoms with Gasteiger partial charge in [0.1, 0.15) is 6.23 Å². The van der Waals surface area contributed by atoms with Crippen LogP contribution in [0.4, 0.5) is 5.95 Å². The Labute approximate surface area is 154 Å². The van der Waals surface area contributed by atoms with E-state index < -0.39 is 43.7 Å². The fraction of sp³-hybridized carbons (Fsp3) is 0.500. The van der Waals surface area contributed by atoms with E-state index in [1.54, 1.807) is 4.57 Å². The van der Waals surface area contributed by atoms with Crippen molar-refractivity contribution in [3.05, 3.63) is 16.7 Å². The Kier molecular flexibility index (Phi) is 7.01. The lowest BCUT2D eigenvalue weighted by Gasteiger charge is -2.17. The maximum absolute atomic E-state index is 11.8. The van der Waals surface area contributed by atoms with E-state index in [4.69, 9.17) is 24.8 Å². The molecule has 0 amide bonds. The summed E-state index contributed by atoms with van der Waals surface area (Å²) < 4.78 is 21.2. The van der Waals surface area contributed by atoms with Gasteiger partial charge in [-0.05, 0) is 12.8 Å². The van der Waals surface area contributed by atoms with Crippen molar-refractivity contribution in [2.75, 3.05) is 12.3 Å². The van der Waals surface area contributed by atoms with Crippen LogP contribution in [0.25, 0.3) is 11.2 Å². The minimum absolute atomic E-state index is 0.0349. The molecule has 1 aliphatic rings. The highest BCUT2D eigenvalue weighted by Crippen LogP contribution is 2.55. The number of imidazole rings is 1. The van der Waals surface area contributed by atoms with Crippen LogP contribution in [0.3, 0.4) is 0 Å². The molecule has 0 saturated carbocycles. The topological polar surface area (TPSA) is 207 Å². The standard InChI is InChI=1S/C10H16N5O9P3/c11-10-13-8-7(9(16)14-10)12-4-15(8)6-2-1-5(22-6)3-21-26(19)24-27(20)23-25(17)18/h4-6,17-20H,1-3H2,(H3,11,13,14,16)/t5-,6+,26?,27?/m0/s1. The first-order chi connectivity index (χ1) is 12.8. The van der Waals surface area contributed by atoms with Gasteiger partial charge in [0.15, 0.2) is 11.2 Å². The molecule has 1 aliphatic heterocycles. The molecule has 0 aromatic carbocycles. The second-order valence-corrected chi connectivity index (χ2v) is 8.27. The predicted octanol–water partition coefficient (Wildman–Crippen LogP) is 0.0791. The highest BCUT2D eigenvalue weighted by Gasteiger charge is 2.30. The van der Waals surface area contributed by atoms with Gasteiger partial charge in [0, 0.05) is 0 Å². The minimum Gasteiger partial charge on any atom is -0.369 e. The maximum atomic E-state index is 11.8. The Morgan fingerprint density at radius 2 is 2.07 bits per heavy atom. The number of aromatic nitrogens is 4. The molecule has 2 aromatic rings. The van der Waals surface area contributed by atoms with Gasteiger partial charge in [-0.2, -0.15) is 4.98 Å². The third-order valence-corrected chi connectivity index (χ3v) is 6.13. The lowest BCUT2D eigenvalue weighted by Crippen LogP contribution is -2.17. The molecule has 150 valence electrons. The Hall–Kier alpha value is -0.880. The van der Waals surface area contributed by atoms with Crippen molar-refractivity contribution in [1.29, 1.82) is 0 Å². The monoisotopic (exact) mass is 443 g/mol. The van der Waals surface area contributed by atoms with E-state index in [9.17, 15) is 14.6 Å². The largest absolute Gasteiger partial charge is 0.369 e. The van der Waals surface area contributed by atoms with Gasteiger partial charge in [-0.25, -0.2) is 13.6 Å². The number of H-pyrrole nitrogens is 1. The van der Waals surface area contributed by atoms with Gasteiger partial charge in [-0.1, -0.05) is 0 Å². The van der Waals surface area contributed by atoms with Crippen LogP contribution in [0, 0.1) is 0 Å². The zero-order chi connectivity index (χ0) is 19.6. The molecule has 27 heavy (non-hydrogen) atoms. The number of hydrogen-bond acceptors (Lipinski definition) is 12. The van der Waals surface area contributed by atoms with Crippen LogP contribution in [-0.4, -0.2) is 51.8 Å². The number of nitrogen functional groups attached to an aromatic ring is 1. The molecule has 1 saturated heterocycles. The van der Waals surface area contributed by atoms with Crippen LogP contribution < -0.4 is 11.3 Å². The average molecular weight is 443 g/mol. The van der Waals surface area contributed by atoms with Gasteiger partial charge in [-0.15, -0.1) is 0 Å². The number of ether oxygens (including phenoxy) is 1. The van der Waals surface area contributed by atoms with E-state index in [0.717, 1.165) is 0 Å². The number of anilines is 1. The number of nitrogens with zero attached hydrogens (tertiary/aromatic N) is 3. The van der Waals surface area contributed by atoms with Crippen LogP contribution in [0.15, 0.2) is 11.1 Å². The summed E-state index contributed by atoms with van der Waals surface area (Å²) in [4.78, 5) is 58.1. The van der Waals surface area contributed by atoms with Crippen molar-refractivity contribution in [1.82, 2.24) is 19.5 Å². The second kappa shape index (κ2) is 9.08. The summed E-state index contributed by atoms with van der Waals surface area (Å²) in [5.41, 5.74) is 5.55. The fourth-order valence-electron chi connectivity index (χ4n) is 2.48. The van der Waals surface area contributed by atoms with Gasteiger partial charge >= 0.3 is 25.8 Å². The molecule has 2 aromatic heterocycles. The summed E-state index contributed by atoms with van der Waals surface area (Å²) in [7, 11) is -7.98. The summed E-state index contributed by atoms with van der Waals surface area (Å²) in [5, 5.41) is 0. The van der Waals surface area contributed by atoms with E-state index in [1.165, 1.54) is 6.33 Å². The van der Waals surface area contributed by atoms with Crippen LogP contribution in [0.2, 0.25) is 0 Å². The highest BCUT2D eigenvalue weighted by atomic mass is 31.3. The highest BCUT2D eigenvalue weighted by molar-refractivity contribution is 7.60. The number of aromatic amines is 1. The van der Waals surface area contributed by atoms with E-state index >= 15 is 0 Å². The molecule has 0 radical (unpaired) electrons. The van der Waals surface area contributed by atoms with E-state index in [0.29, 0.717) is 18.5 Å². The molecule has 1 fully saturated rings. The van der Waals surface area contributed by atoms with Gasteiger partial charge < -0.3 is 34.6 Å². The van der Waals surface area contributed by atoms with Crippen LogP contribution in [0.1, 0.15) is 19.1 Å². The predicted molar refractivity (Wildman–Crippen MR) is 93.5 cm³/mol. The quantitative estimate of drug-likeness (QED) is 0.300. The van der Waals surface area contributed by atoms with Crippen molar-refractivity contribution in [2.45, 2.75) is 25.2 Å². The maximum Gasteiger partial charge on any atom is 0.344 e. The number of hydrogen-bond donors (Lipinski definition) is 6. The summed E-state index contributed by atoms with van der Waals surface area (Å²) in [5.74, 6) is -0.0349. The Balaban J connectivity index is 1.54. The Bertz CT molecular complexity index is 834. The minimum atomic E-state index is -2.81. The van der Waals surface area contributed by atoms with E-state index in [-0.39, 0.29) is 18.1 Å². The third-order valence-electron chi connectivity index (χ3n) is 3.50. The molecule has 14 nitrogen and oxygen atoms in total. The average Bonchev–Trinajstić information content (AvgIpc) is 3.18. The SMILES string of the molecule is Nc1nc2c(ncn2[C@H]2CC[C@@H](COP(O)OP(O)OP(O)O)O2)c(=O)[nH]1. The van der Waals surface area contributed by atoms with Gasteiger partial charge in [0.05, 0.1) is 19.0 Å². The zero-order valence-corrected chi connectivity index (χ0v) is 16.1. The molecule has 7 N–H and O–H groups in total. The summed E-state index contributed by atoms with van der Waals surface area (Å²) in [6, 6.07) is 0. The first kappa shape index (κ1) is 20.8. The Morgan fingerprint density at radius 3 is 2.81 bits per heavy atom. The smallest absolute Gasteiger partial charge is 0.344 e. The lowest BCUT2D eigenvalue weighted by atomic mass is 10.2. The summed E-state index contributed by atoms with van der Waals surface area (Å²) in [6.45, 7) is -0.0440. The molecule has 3 heterocycles. The molecule has 0 bridgehead atoms. The number of nitrogens with one attached hydrogen (secondary N) is 1. The Morgan fingerprint density at radius 1 is 1.30 bits per heavy atom. The van der Waals surface area contributed by atoms with Gasteiger partial charge in [-0.3, -0.25) is 14.3 Å². The fourth-order valence-corrected chi connectivity index (χ4v) is 4.32. The molecular weight excluding hydrogens is 427 g/mol. The number of fused-ring (bicyclic) bond motifs is 1. The molecule has 3 rings (SSSR count). The van der Waals surface area contributed by atoms with Gasteiger partial charge in [0.25, 0.3) is 5.56 Å². The van der Waals surface area contributed by atoms with Crippen molar-refractivity contribution in [3.8, 4) is 0 Å². The molecule has 0 spiro atoms. The first-order valence-electron chi connectivity index (χ1n) is 7.36. The molecule has 17 heteroatoms. The van der Waals surface area contributed by atoms with E-state index in [1.807, 2.05) is 0 Å². The second-order valence-electron chi connectivity index (χ2n) is 5.25. The van der Waals surface area contributed by atoms with Gasteiger partial charge in [0.2, 0.25) is 5.95 Å². The lowest BCUT2D eigenvalue weighted by molar-refractivity contribution is -0.0174. The van der Waals surface area contributed by atoms with Crippen LogP contribution >= 0.6 is 25.8 Å². The van der Waals surface area contributed by atoms with Crippen LogP contribution in [-0.2, 0) is 17.9 Å². The molecule has 0 aliphatic carbocycles. The molecule has 4 atom stereocenters. The first-order valence-corrected chi connectivity index (χ1v) is 10.8. The van der Waals surface area contributed by atoms with E-state index in [2.05, 4.69) is 23.6 Å². The van der Waals surface area contributed by atoms with Crippen molar-refractivity contribution in [3.63, 3.8) is 0 Å². The van der Waals surface area contributed by atoms with Crippen molar-refractivity contribution < 1.29 is 37.5 Å². The summed E-state index contributed by atoms with van der Waals surface area (Å²) >= 11 is 0.